The van der Waals surface area contributed by atoms with Crippen LogP contribution in [0.5, 0.6) is 0 Å². The zero-order valence-corrected chi connectivity index (χ0v) is 12.7. The van der Waals surface area contributed by atoms with Gasteiger partial charge in [0.15, 0.2) is 0 Å². The third-order valence-electron chi connectivity index (χ3n) is 2.60. The van der Waals surface area contributed by atoms with E-state index in [1.165, 1.54) is 5.56 Å². The Hall–Kier alpha value is -0.540. The summed E-state index contributed by atoms with van der Waals surface area (Å²) < 4.78 is 1.11. The van der Waals surface area contributed by atoms with Crippen molar-refractivity contribution in [1.29, 1.82) is 0 Å². The second kappa shape index (κ2) is 6.58. The second-order valence-electron chi connectivity index (χ2n) is 3.93. The Morgan fingerprint density at radius 2 is 1.67 bits per heavy atom. The number of halogens is 3. The molecule has 0 aliphatic rings. The van der Waals surface area contributed by atoms with E-state index in [-0.39, 0.29) is 0 Å². The number of rotatable bonds is 4. The fourth-order valence-corrected chi connectivity index (χ4v) is 2.46. The van der Waals surface area contributed by atoms with E-state index in [0.29, 0.717) is 11.6 Å². The largest absolute Gasteiger partial charge is 0.309 e. The van der Waals surface area contributed by atoms with Crippen LogP contribution in [0.4, 0.5) is 0 Å². The van der Waals surface area contributed by atoms with Crippen molar-refractivity contribution in [2.24, 2.45) is 0 Å². The van der Waals surface area contributed by atoms with Crippen LogP contribution in [0.2, 0.25) is 10.0 Å². The smallest absolute Gasteiger partial charge is 0.0451 e. The van der Waals surface area contributed by atoms with Crippen LogP contribution in [0, 0.1) is 0 Å². The van der Waals surface area contributed by atoms with E-state index in [2.05, 4.69) is 27.3 Å². The number of hydrogen-bond acceptors (Lipinski definition) is 1. The van der Waals surface area contributed by atoms with Crippen LogP contribution in [0.3, 0.4) is 0 Å². The molecule has 2 aromatic carbocycles. The van der Waals surface area contributed by atoms with Gasteiger partial charge in [0.2, 0.25) is 0 Å². The van der Waals surface area contributed by atoms with Crippen molar-refractivity contribution in [1.82, 2.24) is 5.32 Å². The first kappa shape index (κ1) is 13.9. The molecule has 1 nitrogen and oxygen atoms in total. The predicted molar refractivity (Wildman–Crippen MR) is 81.1 cm³/mol. The molecule has 0 atom stereocenters. The van der Waals surface area contributed by atoms with E-state index in [0.717, 1.165) is 21.6 Å². The van der Waals surface area contributed by atoms with E-state index < -0.39 is 0 Å². The molecular formula is C14H12BrCl2N. The third kappa shape index (κ3) is 3.72. The lowest BCUT2D eigenvalue weighted by Gasteiger charge is -2.08. The standard InChI is InChI=1S/C14H12BrCl2N/c15-13-4-2-1-3-10(13)8-18-9-11-7-12(16)5-6-14(11)17/h1-7,18H,8-9H2. The van der Waals surface area contributed by atoms with Crippen molar-refractivity contribution in [2.75, 3.05) is 0 Å². The second-order valence-corrected chi connectivity index (χ2v) is 5.63. The van der Waals surface area contributed by atoms with Gasteiger partial charge < -0.3 is 5.32 Å². The summed E-state index contributed by atoms with van der Waals surface area (Å²) in [5.74, 6) is 0. The highest BCUT2D eigenvalue weighted by Gasteiger charge is 2.02. The molecule has 0 aliphatic heterocycles. The van der Waals surface area contributed by atoms with E-state index in [1.807, 2.05) is 30.3 Å². The Balaban J connectivity index is 1.96. The van der Waals surface area contributed by atoms with Crippen LogP contribution in [0.1, 0.15) is 11.1 Å². The molecule has 0 aliphatic carbocycles. The maximum Gasteiger partial charge on any atom is 0.0451 e. The van der Waals surface area contributed by atoms with Crippen molar-refractivity contribution in [3.63, 3.8) is 0 Å². The quantitative estimate of drug-likeness (QED) is 0.818. The minimum atomic E-state index is 0.695. The topological polar surface area (TPSA) is 12.0 Å². The van der Waals surface area contributed by atoms with Crippen LogP contribution < -0.4 is 5.32 Å². The molecule has 0 spiro atoms. The first-order valence-corrected chi connectivity index (χ1v) is 7.10. The lowest BCUT2D eigenvalue weighted by atomic mass is 10.2. The maximum atomic E-state index is 6.10. The molecule has 0 saturated carbocycles. The average molecular weight is 345 g/mol. The molecule has 0 saturated heterocycles. The van der Waals surface area contributed by atoms with Gasteiger partial charge in [-0.15, -0.1) is 0 Å². The molecule has 0 amide bonds. The fraction of sp³-hybridized carbons (Fsp3) is 0.143. The van der Waals surface area contributed by atoms with Crippen LogP contribution in [0.25, 0.3) is 0 Å². The molecule has 18 heavy (non-hydrogen) atoms. The SMILES string of the molecule is Clc1ccc(Cl)c(CNCc2ccccc2Br)c1. The van der Waals surface area contributed by atoms with Gasteiger partial charge in [-0.1, -0.05) is 57.3 Å². The highest BCUT2D eigenvalue weighted by molar-refractivity contribution is 9.10. The zero-order valence-electron chi connectivity index (χ0n) is 9.59. The van der Waals surface area contributed by atoms with Crippen LogP contribution >= 0.6 is 39.1 Å². The lowest BCUT2D eigenvalue weighted by Crippen LogP contribution is -2.13. The monoisotopic (exact) mass is 343 g/mol. The first-order chi connectivity index (χ1) is 8.66. The van der Waals surface area contributed by atoms with Crippen molar-refractivity contribution in [3.05, 3.63) is 68.1 Å². The third-order valence-corrected chi connectivity index (χ3v) is 3.97. The highest BCUT2D eigenvalue weighted by atomic mass is 79.9. The van der Waals surface area contributed by atoms with Crippen molar-refractivity contribution >= 4 is 39.1 Å². The maximum absolute atomic E-state index is 6.10. The zero-order chi connectivity index (χ0) is 13.0. The summed E-state index contributed by atoms with van der Waals surface area (Å²) in [4.78, 5) is 0. The Kier molecular flexibility index (Phi) is 5.07. The minimum absolute atomic E-state index is 0.695. The van der Waals surface area contributed by atoms with Gasteiger partial charge in [0.1, 0.15) is 0 Å². The molecule has 94 valence electrons. The van der Waals surface area contributed by atoms with Crippen LogP contribution in [0.15, 0.2) is 46.9 Å². The first-order valence-electron chi connectivity index (χ1n) is 5.55. The molecule has 2 aromatic rings. The van der Waals surface area contributed by atoms with E-state index in [9.17, 15) is 0 Å². The lowest BCUT2D eigenvalue weighted by molar-refractivity contribution is 0.692. The normalized spacial score (nSPS) is 10.6. The molecule has 0 unspecified atom stereocenters. The van der Waals surface area contributed by atoms with Crippen molar-refractivity contribution in [3.8, 4) is 0 Å². The van der Waals surface area contributed by atoms with Crippen molar-refractivity contribution < 1.29 is 0 Å². The van der Waals surface area contributed by atoms with Crippen LogP contribution in [-0.4, -0.2) is 0 Å². The molecule has 0 aromatic heterocycles. The van der Waals surface area contributed by atoms with Gasteiger partial charge in [-0.25, -0.2) is 0 Å². The Morgan fingerprint density at radius 3 is 2.44 bits per heavy atom. The minimum Gasteiger partial charge on any atom is -0.309 e. The van der Waals surface area contributed by atoms with Gasteiger partial charge in [-0.3, -0.25) is 0 Å². The van der Waals surface area contributed by atoms with Crippen LogP contribution in [-0.2, 0) is 13.1 Å². The summed E-state index contributed by atoms with van der Waals surface area (Å²) in [6.07, 6.45) is 0. The molecular weight excluding hydrogens is 333 g/mol. The fourth-order valence-electron chi connectivity index (χ4n) is 1.65. The molecule has 1 N–H and O–H groups in total. The van der Waals surface area contributed by atoms with Gasteiger partial charge in [0, 0.05) is 27.6 Å². The predicted octanol–water partition coefficient (Wildman–Crippen LogP) is 5.05. The van der Waals surface area contributed by atoms with Gasteiger partial charge in [0.25, 0.3) is 0 Å². The van der Waals surface area contributed by atoms with E-state index >= 15 is 0 Å². The highest BCUT2D eigenvalue weighted by Crippen LogP contribution is 2.21. The summed E-state index contributed by atoms with van der Waals surface area (Å²) in [5.41, 5.74) is 2.23. The molecule has 4 heteroatoms. The molecule has 0 radical (unpaired) electrons. The average Bonchev–Trinajstić information content (AvgIpc) is 2.36. The summed E-state index contributed by atoms with van der Waals surface area (Å²) in [5, 5.41) is 4.79. The molecule has 0 heterocycles. The van der Waals surface area contributed by atoms with Gasteiger partial charge in [-0.2, -0.15) is 0 Å². The van der Waals surface area contributed by atoms with Gasteiger partial charge in [-0.05, 0) is 35.4 Å². The molecule has 0 fully saturated rings. The number of benzene rings is 2. The Labute approximate surface area is 125 Å². The van der Waals surface area contributed by atoms with Gasteiger partial charge in [0.05, 0.1) is 0 Å². The van der Waals surface area contributed by atoms with Crippen molar-refractivity contribution in [2.45, 2.75) is 13.1 Å². The Bertz CT molecular complexity index is 543. The molecule has 2 rings (SSSR count). The number of nitrogens with one attached hydrogen (secondary N) is 1. The summed E-state index contributed by atoms with van der Waals surface area (Å²) in [7, 11) is 0. The summed E-state index contributed by atoms with van der Waals surface area (Å²) >= 11 is 15.6. The summed E-state index contributed by atoms with van der Waals surface area (Å²) in [6, 6.07) is 13.6. The van der Waals surface area contributed by atoms with Gasteiger partial charge >= 0.3 is 0 Å². The number of hydrogen-bond donors (Lipinski definition) is 1. The summed E-state index contributed by atoms with van der Waals surface area (Å²) in [6.45, 7) is 1.48. The van der Waals surface area contributed by atoms with E-state index in [4.69, 9.17) is 23.2 Å². The van der Waals surface area contributed by atoms with E-state index in [1.54, 1.807) is 6.07 Å². The molecule has 0 bridgehead atoms. The Morgan fingerprint density at radius 1 is 0.944 bits per heavy atom.